The fourth-order valence-corrected chi connectivity index (χ4v) is 1.78. The number of hydrogen-bond donors (Lipinski definition) is 1. The Kier molecular flexibility index (Phi) is 11.3. The van der Waals surface area contributed by atoms with Crippen molar-refractivity contribution >= 4 is 0 Å². The van der Waals surface area contributed by atoms with Crippen molar-refractivity contribution in [3.63, 3.8) is 0 Å². The number of rotatable bonds is 11. The lowest BCUT2D eigenvalue weighted by Crippen LogP contribution is -2.25. The van der Waals surface area contributed by atoms with Gasteiger partial charge < -0.3 is 15.5 Å². The van der Waals surface area contributed by atoms with Crippen molar-refractivity contribution in [1.82, 2.24) is 9.80 Å². The first-order chi connectivity index (χ1) is 7.70. The molecule has 16 heavy (non-hydrogen) atoms. The predicted molar refractivity (Wildman–Crippen MR) is 72.8 cm³/mol. The summed E-state index contributed by atoms with van der Waals surface area (Å²) < 4.78 is 0. The highest BCUT2D eigenvalue weighted by Gasteiger charge is 1.99. The molecule has 0 aromatic carbocycles. The third-order valence-corrected chi connectivity index (χ3v) is 2.97. The molecule has 0 spiro atoms. The minimum atomic E-state index is 0.810. The zero-order valence-corrected chi connectivity index (χ0v) is 11.5. The number of unbranched alkanes of at least 4 members (excludes halogenated alkanes) is 2. The van der Waals surface area contributed by atoms with E-state index in [1.54, 1.807) is 0 Å². The lowest BCUT2D eigenvalue weighted by atomic mass is 10.2. The second-order valence-corrected chi connectivity index (χ2v) is 4.81. The second kappa shape index (κ2) is 11.4. The summed E-state index contributed by atoms with van der Waals surface area (Å²) in [5.41, 5.74) is 5.48. The minimum Gasteiger partial charge on any atom is -0.330 e. The summed E-state index contributed by atoms with van der Waals surface area (Å²) in [6, 6.07) is 0. The van der Waals surface area contributed by atoms with Gasteiger partial charge in [-0.25, -0.2) is 0 Å². The van der Waals surface area contributed by atoms with Gasteiger partial charge in [0.05, 0.1) is 0 Å². The summed E-state index contributed by atoms with van der Waals surface area (Å²) in [5, 5.41) is 0. The van der Waals surface area contributed by atoms with Crippen LogP contribution in [-0.4, -0.2) is 56.6 Å². The molecule has 2 N–H and O–H groups in total. The van der Waals surface area contributed by atoms with Crippen LogP contribution in [0.3, 0.4) is 0 Å². The number of nitrogens with zero attached hydrogens (tertiary/aromatic N) is 2. The molecular formula is C13H31N3. The van der Waals surface area contributed by atoms with Crippen LogP contribution < -0.4 is 5.73 Å². The molecule has 0 fully saturated rings. The Hall–Kier alpha value is -0.120. The maximum Gasteiger partial charge on any atom is -0.000977 e. The molecule has 0 bridgehead atoms. The maximum atomic E-state index is 5.48. The van der Waals surface area contributed by atoms with E-state index in [9.17, 15) is 0 Å². The maximum absolute atomic E-state index is 5.48. The molecule has 0 aromatic heterocycles. The van der Waals surface area contributed by atoms with Crippen LogP contribution in [-0.2, 0) is 0 Å². The van der Waals surface area contributed by atoms with Crippen LogP contribution in [0.5, 0.6) is 0 Å². The van der Waals surface area contributed by atoms with E-state index in [0.29, 0.717) is 0 Å². The summed E-state index contributed by atoms with van der Waals surface area (Å²) in [7, 11) is 4.42. The van der Waals surface area contributed by atoms with Crippen molar-refractivity contribution in [2.24, 2.45) is 5.73 Å². The van der Waals surface area contributed by atoms with Gasteiger partial charge in [-0.1, -0.05) is 13.3 Å². The van der Waals surface area contributed by atoms with Crippen LogP contribution in [0.2, 0.25) is 0 Å². The molecule has 0 rings (SSSR count). The smallest absolute Gasteiger partial charge is 0.000977 e. The van der Waals surface area contributed by atoms with Crippen LogP contribution in [0.25, 0.3) is 0 Å². The summed E-state index contributed by atoms with van der Waals surface area (Å²) in [6.45, 7) is 7.90. The Morgan fingerprint density at radius 3 is 1.62 bits per heavy atom. The molecule has 0 saturated heterocycles. The van der Waals surface area contributed by atoms with Crippen molar-refractivity contribution < 1.29 is 0 Å². The molecule has 0 aliphatic rings. The Bertz CT molecular complexity index is 123. The third kappa shape index (κ3) is 10.4. The van der Waals surface area contributed by atoms with E-state index in [4.69, 9.17) is 5.73 Å². The van der Waals surface area contributed by atoms with E-state index < -0.39 is 0 Å². The van der Waals surface area contributed by atoms with Gasteiger partial charge >= 0.3 is 0 Å². The average molecular weight is 229 g/mol. The van der Waals surface area contributed by atoms with Gasteiger partial charge in [0.1, 0.15) is 0 Å². The van der Waals surface area contributed by atoms with Crippen molar-refractivity contribution in [2.75, 3.05) is 46.8 Å². The molecule has 0 saturated carbocycles. The SMILES string of the molecule is CCCCN(C)CCCCN(C)CCCN. The first kappa shape index (κ1) is 15.9. The molecule has 3 heteroatoms. The van der Waals surface area contributed by atoms with Crippen molar-refractivity contribution in [3.05, 3.63) is 0 Å². The van der Waals surface area contributed by atoms with Crippen LogP contribution in [0.1, 0.15) is 39.0 Å². The first-order valence-electron chi connectivity index (χ1n) is 6.77. The van der Waals surface area contributed by atoms with Crippen molar-refractivity contribution in [3.8, 4) is 0 Å². The fourth-order valence-electron chi connectivity index (χ4n) is 1.78. The van der Waals surface area contributed by atoms with Gasteiger partial charge in [-0.3, -0.25) is 0 Å². The molecule has 98 valence electrons. The number of nitrogens with two attached hydrogens (primary N) is 1. The highest BCUT2D eigenvalue weighted by Crippen LogP contribution is 1.98. The third-order valence-electron chi connectivity index (χ3n) is 2.97. The van der Waals surface area contributed by atoms with Crippen molar-refractivity contribution in [2.45, 2.75) is 39.0 Å². The monoisotopic (exact) mass is 229 g/mol. The Morgan fingerprint density at radius 1 is 0.750 bits per heavy atom. The van der Waals surface area contributed by atoms with E-state index in [0.717, 1.165) is 19.5 Å². The highest BCUT2D eigenvalue weighted by molar-refractivity contribution is 4.56. The molecule has 0 atom stereocenters. The summed E-state index contributed by atoms with van der Waals surface area (Å²) in [4.78, 5) is 4.84. The lowest BCUT2D eigenvalue weighted by Gasteiger charge is -2.18. The average Bonchev–Trinajstić information content (AvgIpc) is 2.29. The van der Waals surface area contributed by atoms with Crippen LogP contribution in [0.15, 0.2) is 0 Å². The fraction of sp³-hybridized carbons (Fsp3) is 1.00. The summed E-state index contributed by atoms with van der Waals surface area (Å²) in [5.74, 6) is 0. The van der Waals surface area contributed by atoms with E-state index in [1.807, 2.05) is 0 Å². The van der Waals surface area contributed by atoms with Gasteiger partial charge in [0.2, 0.25) is 0 Å². The van der Waals surface area contributed by atoms with Gasteiger partial charge in [0.15, 0.2) is 0 Å². The molecule has 0 radical (unpaired) electrons. The molecule has 0 aliphatic carbocycles. The zero-order valence-electron chi connectivity index (χ0n) is 11.5. The standard InChI is InChI=1S/C13H31N3/c1-4-5-10-15(2)11-6-7-12-16(3)13-8-9-14/h4-14H2,1-3H3. The normalized spacial score (nSPS) is 11.6. The van der Waals surface area contributed by atoms with Gasteiger partial charge in [-0.2, -0.15) is 0 Å². The molecule has 0 aliphatic heterocycles. The Labute approximate surface area is 102 Å². The van der Waals surface area contributed by atoms with E-state index >= 15 is 0 Å². The van der Waals surface area contributed by atoms with Gasteiger partial charge in [-0.15, -0.1) is 0 Å². The Balaban J connectivity index is 3.24. The van der Waals surface area contributed by atoms with E-state index in [1.165, 1.54) is 45.3 Å². The molecule has 0 aromatic rings. The van der Waals surface area contributed by atoms with Crippen molar-refractivity contribution in [1.29, 1.82) is 0 Å². The lowest BCUT2D eigenvalue weighted by molar-refractivity contribution is 0.289. The van der Waals surface area contributed by atoms with Crippen LogP contribution >= 0.6 is 0 Å². The zero-order chi connectivity index (χ0) is 12.2. The quantitative estimate of drug-likeness (QED) is 0.548. The summed E-state index contributed by atoms with van der Waals surface area (Å²) >= 11 is 0. The largest absolute Gasteiger partial charge is 0.330 e. The molecular weight excluding hydrogens is 198 g/mol. The minimum absolute atomic E-state index is 0.810. The molecule has 0 heterocycles. The predicted octanol–water partition coefficient (Wildman–Crippen LogP) is 1.78. The van der Waals surface area contributed by atoms with E-state index in [2.05, 4.69) is 30.8 Å². The topological polar surface area (TPSA) is 32.5 Å². The molecule has 0 unspecified atom stereocenters. The van der Waals surface area contributed by atoms with Gasteiger partial charge in [0, 0.05) is 0 Å². The van der Waals surface area contributed by atoms with Gasteiger partial charge in [-0.05, 0) is 72.5 Å². The number of hydrogen-bond acceptors (Lipinski definition) is 3. The van der Waals surface area contributed by atoms with Crippen LogP contribution in [0.4, 0.5) is 0 Å². The highest BCUT2D eigenvalue weighted by atomic mass is 15.1. The van der Waals surface area contributed by atoms with E-state index in [-0.39, 0.29) is 0 Å². The second-order valence-electron chi connectivity index (χ2n) is 4.81. The molecule has 0 amide bonds. The van der Waals surface area contributed by atoms with Gasteiger partial charge in [0.25, 0.3) is 0 Å². The molecule has 3 nitrogen and oxygen atoms in total. The van der Waals surface area contributed by atoms with Crippen LogP contribution in [0, 0.1) is 0 Å². The first-order valence-corrected chi connectivity index (χ1v) is 6.77. The summed E-state index contributed by atoms with van der Waals surface area (Å²) in [6.07, 6.45) is 6.36. The Morgan fingerprint density at radius 2 is 1.19 bits per heavy atom.